The van der Waals surface area contributed by atoms with Gasteiger partial charge < -0.3 is 4.74 Å². The van der Waals surface area contributed by atoms with Gasteiger partial charge in [-0.05, 0) is 48.5 Å². The predicted molar refractivity (Wildman–Crippen MR) is 131 cm³/mol. The molecule has 1 fully saturated rings. The number of hydrogen-bond donors (Lipinski definition) is 0. The van der Waals surface area contributed by atoms with Crippen molar-refractivity contribution in [3.05, 3.63) is 107 Å². The van der Waals surface area contributed by atoms with E-state index in [1.54, 1.807) is 23.4 Å². The highest BCUT2D eigenvalue weighted by atomic mass is 32.2. The van der Waals surface area contributed by atoms with Crippen molar-refractivity contribution in [1.82, 2.24) is 9.88 Å². The van der Waals surface area contributed by atoms with Crippen LogP contribution >= 0.6 is 11.8 Å². The molecule has 4 rings (SSSR count). The second-order valence-corrected chi connectivity index (χ2v) is 8.24. The summed E-state index contributed by atoms with van der Waals surface area (Å²) in [5, 5.41) is 0.604. The Morgan fingerprint density at radius 3 is 2.69 bits per heavy atom. The summed E-state index contributed by atoms with van der Waals surface area (Å²) in [7, 11) is 0. The molecule has 1 aliphatic heterocycles. The maximum Gasteiger partial charge on any atom is 0.267 e. The van der Waals surface area contributed by atoms with E-state index in [0.717, 1.165) is 16.9 Å². The SMILES string of the molecule is C=CCN1C(=O)/C(=C/c2ccccc2OCc2ccc(C)cc2)SC1=Nc1cccnc1. The standard InChI is InChI=1S/C26H23N3O2S/c1-3-15-29-25(30)24(32-26(29)28-22-8-6-14-27-17-22)16-21-7-4-5-9-23(21)31-18-20-12-10-19(2)11-13-20/h3-14,16-17H,1,15,18H2,2H3/b24-16-,28-26?. The highest BCUT2D eigenvalue weighted by molar-refractivity contribution is 8.18. The van der Waals surface area contributed by atoms with Gasteiger partial charge in [-0.3, -0.25) is 14.7 Å². The van der Waals surface area contributed by atoms with E-state index in [2.05, 4.69) is 47.7 Å². The van der Waals surface area contributed by atoms with Gasteiger partial charge in [0.15, 0.2) is 5.17 Å². The Kier molecular flexibility index (Phi) is 6.82. The van der Waals surface area contributed by atoms with Crippen LogP contribution in [-0.2, 0) is 11.4 Å². The number of hydrogen-bond acceptors (Lipinski definition) is 5. The number of para-hydroxylation sites is 1. The van der Waals surface area contributed by atoms with E-state index in [0.29, 0.717) is 28.9 Å². The lowest BCUT2D eigenvalue weighted by atomic mass is 10.1. The second kappa shape index (κ2) is 10.1. The molecule has 1 saturated heterocycles. The number of ether oxygens (including phenoxy) is 1. The zero-order chi connectivity index (χ0) is 22.3. The van der Waals surface area contributed by atoms with Gasteiger partial charge in [-0.1, -0.05) is 54.1 Å². The second-order valence-electron chi connectivity index (χ2n) is 7.23. The first-order valence-electron chi connectivity index (χ1n) is 10.2. The molecule has 1 amide bonds. The van der Waals surface area contributed by atoms with Crippen molar-refractivity contribution in [2.75, 3.05) is 6.54 Å². The molecule has 0 N–H and O–H groups in total. The minimum atomic E-state index is -0.106. The van der Waals surface area contributed by atoms with E-state index in [1.807, 2.05) is 42.5 Å². The van der Waals surface area contributed by atoms with Crippen LogP contribution in [0.4, 0.5) is 5.69 Å². The van der Waals surface area contributed by atoms with Crippen molar-refractivity contribution in [2.45, 2.75) is 13.5 Å². The van der Waals surface area contributed by atoms with Crippen molar-refractivity contribution < 1.29 is 9.53 Å². The third-order valence-electron chi connectivity index (χ3n) is 4.79. The van der Waals surface area contributed by atoms with E-state index in [-0.39, 0.29) is 5.91 Å². The van der Waals surface area contributed by atoms with Crippen molar-refractivity contribution in [3.8, 4) is 5.75 Å². The molecule has 0 bridgehead atoms. The van der Waals surface area contributed by atoms with E-state index < -0.39 is 0 Å². The third kappa shape index (κ3) is 5.15. The summed E-state index contributed by atoms with van der Waals surface area (Å²) in [5.41, 5.74) is 3.84. The summed E-state index contributed by atoms with van der Waals surface area (Å²) in [6.45, 7) is 6.67. The largest absolute Gasteiger partial charge is 0.488 e. The minimum absolute atomic E-state index is 0.106. The molecule has 0 unspecified atom stereocenters. The van der Waals surface area contributed by atoms with Crippen molar-refractivity contribution >= 4 is 34.6 Å². The molecule has 0 atom stereocenters. The number of aryl methyl sites for hydroxylation is 1. The maximum atomic E-state index is 13.1. The van der Waals surface area contributed by atoms with Crippen LogP contribution in [0.1, 0.15) is 16.7 Å². The summed E-state index contributed by atoms with van der Waals surface area (Å²) >= 11 is 1.34. The molecule has 2 aromatic carbocycles. The molecule has 1 aromatic heterocycles. The molecular weight excluding hydrogens is 418 g/mol. The molecule has 6 heteroatoms. The summed E-state index contributed by atoms with van der Waals surface area (Å²) in [4.78, 5) is 24.0. The maximum absolute atomic E-state index is 13.1. The Morgan fingerprint density at radius 1 is 1.12 bits per heavy atom. The molecule has 5 nitrogen and oxygen atoms in total. The molecule has 0 aliphatic carbocycles. The van der Waals surface area contributed by atoms with Crippen LogP contribution in [0.5, 0.6) is 5.75 Å². The average molecular weight is 442 g/mol. The molecule has 0 spiro atoms. The summed E-state index contributed by atoms with van der Waals surface area (Å²) in [6.07, 6.45) is 6.91. The molecule has 160 valence electrons. The summed E-state index contributed by atoms with van der Waals surface area (Å²) in [5.74, 6) is 0.618. The topological polar surface area (TPSA) is 54.8 Å². The lowest BCUT2D eigenvalue weighted by Crippen LogP contribution is -2.29. The van der Waals surface area contributed by atoms with Crippen LogP contribution in [-0.4, -0.2) is 27.5 Å². The van der Waals surface area contributed by atoms with Crippen LogP contribution in [0.3, 0.4) is 0 Å². The summed E-state index contributed by atoms with van der Waals surface area (Å²) in [6, 6.07) is 19.6. The highest BCUT2D eigenvalue weighted by Crippen LogP contribution is 2.35. The molecule has 0 saturated carbocycles. The smallest absolute Gasteiger partial charge is 0.267 e. The van der Waals surface area contributed by atoms with E-state index >= 15 is 0 Å². The average Bonchev–Trinajstić information content (AvgIpc) is 3.09. The zero-order valence-corrected chi connectivity index (χ0v) is 18.6. The number of pyridine rings is 1. The number of amidine groups is 1. The lowest BCUT2D eigenvalue weighted by Gasteiger charge is -2.12. The molecule has 3 aromatic rings. The summed E-state index contributed by atoms with van der Waals surface area (Å²) < 4.78 is 6.07. The molecular formula is C26H23N3O2S. The quantitative estimate of drug-likeness (QED) is 0.346. The van der Waals surface area contributed by atoms with Crippen LogP contribution in [0, 0.1) is 6.92 Å². The fourth-order valence-electron chi connectivity index (χ4n) is 3.13. The predicted octanol–water partition coefficient (Wildman–Crippen LogP) is 5.76. The number of aromatic nitrogens is 1. The number of benzene rings is 2. The number of nitrogens with zero attached hydrogens (tertiary/aromatic N) is 3. The lowest BCUT2D eigenvalue weighted by molar-refractivity contribution is -0.121. The van der Waals surface area contributed by atoms with Gasteiger partial charge in [0.05, 0.1) is 16.8 Å². The normalized spacial score (nSPS) is 16.0. The van der Waals surface area contributed by atoms with Gasteiger partial charge in [0.25, 0.3) is 5.91 Å². The van der Waals surface area contributed by atoms with Gasteiger partial charge in [-0.25, -0.2) is 4.99 Å². The number of aliphatic imine (C=N–C) groups is 1. The number of carbonyl (C=O) groups is 1. The van der Waals surface area contributed by atoms with Gasteiger partial charge in [0.2, 0.25) is 0 Å². The van der Waals surface area contributed by atoms with Crippen LogP contribution in [0.25, 0.3) is 6.08 Å². The van der Waals surface area contributed by atoms with Gasteiger partial charge in [-0.15, -0.1) is 6.58 Å². The Hall–Kier alpha value is -3.64. The number of amides is 1. The highest BCUT2D eigenvalue weighted by Gasteiger charge is 2.32. The monoisotopic (exact) mass is 441 g/mol. The Labute approximate surface area is 192 Å². The van der Waals surface area contributed by atoms with Crippen molar-refractivity contribution in [1.29, 1.82) is 0 Å². The third-order valence-corrected chi connectivity index (χ3v) is 5.80. The Morgan fingerprint density at radius 2 is 1.94 bits per heavy atom. The van der Waals surface area contributed by atoms with Crippen molar-refractivity contribution in [3.63, 3.8) is 0 Å². The molecule has 1 aliphatic rings. The van der Waals surface area contributed by atoms with Gasteiger partial charge in [-0.2, -0.15) is 0 Å². The van der Waals surface area contributed by atoms with Gasteiger partial charge >= 0.3 is 0 Å². The van der Waals surface area contributed by atoms with Crippen LogP contribution < -0.4 is 4.74 Å². The van der Waals surface area contributed by atoms with Gasteiger partial charge in [0, 0.05) is 18.3 Å². The molecule has 0 radical (unpaired) electrons. The van der Waals surface area contributed by atoms with Crippen LogP contribution in [0.15, 0.2) is 95.6 Å². The number of thioether (sulfide) groups is 1. The van der Waals surface area contributed by atoms with Crippen LogP contribution in [0.2, 0.25) is 0 Å². The van der Waals surface area contributed by atoms with Crippen molar-refractivity contribution in [2.24, 2.45) is 4.99 Å². The number of rotatable bonds is 7. The first-order valence-corrected chi connectivity index (χ1v) is 11.0. The first-order chi connectivity index (χ1) is 15.6. The first kappa shape index (κ1) is 21.6. The fourth-order valence-corrected chi connectivity index (χ4v) is 4.13. The minimum Gasteiger partial charge on any atom is -0.488 e. The van der Waals surface area contributed by atoms with Gasteiger partial charge in [0.1, 0.15) is 12.4 Å². The van der Waals surface area contributed by atoms with E-state index in [4.69, 9.17) is 4.74 Å². The number of carbonyl (C=O) groups excluding carboxylic acids is 1. The Balaban J connectivity index is 1.59. The van der Waals surface area contributed by atoms with E-state index in [1.165, 1.54) is 17.3 Å². The zero-order valence-electron chi connectivity index (χ0n) is 17.8. The molecule has 2 heterocycles. The Bertz CT molecular complexity index is 1170. The fraction of sp³-hybridized carbons (Fsp3) is 0.115. The van der Waals surface area contributed by atoms with E-state index in [9.17, 15) is 4.79 Å². The molecule has 32 heavy (non-hydrogen) atoms.